The number of pyridine rings is 1. The standard InChI is InChI=1S/C5H3FN/c6-5-3-1-2-4-7-5/h2-4H. The first-order chi connectivity index (χ1) is 3.39. The lowest BCUT2D eigenvalue weighted by Crippen LogP contribution is -1.74. The molecule has 35 valence electrons. The Morgan fingerprint density at radius 1 is 1.71 bits per heavy atom. The van der Waals surface area contributed by atoms with Crippen molar-refractivity contribution in [1.29, 1.82) is 0 Å². The van der Waals surface area contributed by atoms with Gasteiger partial charge in [0.15, 0.2) is 0 Å². The van der Waals surface area contributed by atoms with E-state index in [1.807, 2.05) is 0 Å². The third-order valence-corrected chi connectivity index (χ3v) is 0.571. The average molecular weight is 96.1 g/mol. The minimum absolute atomic E-state index is 0.484. The molecule has 1 radical (unpaired) electrons. The van der Waals surface area contributed by atoms with Crippen LogP contribution in [0.2, 0.25) is 0 Å². The van der Waals surface area contributed by atoms with Crippen LogP contribution in [0.15, 0.2) is 18.3 Å². The number of halogens is 1. The van der Waals surface area contributed by atoms with Crippen LogP contribution in [0.5, 0.6) is 0 Å². The topological polar surface area (TPSA) is 12.9 Å². The third kappa shape index (κ3) is 0.961. The van der Waals surface area contributed by atoms with Gasteiger partial charge in [-0.25, -0.2) is 4.98 Å². The molecule has 0 N–H and O–H groups in total. The van der Waals surface area contributed by atoms with Crippen molar-refractivity contribution in [1.82, 2.24) is 4.98 Å². The van der Waals surface area contributed by atoms with Crippen LogP contribution in [0.3, 0.4) is 0 Å². The molecule has 1 heterocycles. The molecule has 1 aromatic rings. The molecular formula is C5H3FN. The molecule has 0 saturated heterocycles. The third-order valence-electron chi connectivity index (χ3n) is 0.571. The first-order valence-electron chi connectivity index (χ1n) is 1.87. The van der Waals surface area contributed by atoms with Gasteiger partial charge in [0.1, 0.15) is 0 Å². The Labute approximate surface area is 40.8 Å². The largest absolute Gasteiger partial charge is 0.228 e. The second-order valence-electron chi connectivity index (χ2n) is 1.08. The second-order valence-corrected chi connectivity index (χ2v) is 1.08. The van der Waals surface area contributed by atoms with E-state index >= 15 is 0 Å². The van der Waals surface area contributed by atoms with Crippen molar-refractivity contribution in [2.45, 2.75) is 0 Å². The zero-order valence-corrected chi connectivity index (χ0v) is 3.56. The lowest BCUT2D eigenvalue weighted by atomic mass is 10.5. The molecule has 2 heteroatoms. The highest BCUT2D eigenvalue weighted by molar-refractivity contribution is 4.88. The van der Waals surface area contributed by atoms with Crippen molar-refractivity contribution < 1.29 is 4.39 Å². The van der Waals surface area contributed by atoms with Gasteiger partial charge in [0, 0.05) is 12.3 Å². The Bertz CT molecular complexity index is 138. The van der Waals surface area contributed by atoms with E-state index in [9.17, 15) is 4.39 Å². The SMILES string of the molecule is Fc1c[c]ccn1. The second kappa shape index (κ2) is 1.69. The number of rotatable bonds is 0. The smallest absolute Gasteiger partial charge is 0.213 e. The predicted molar refractivity (Wildman–Crippen MR) is 23.0 cm³/mol. The van der Waals surface area contributed by atoms with Gasteiger partial charge in [-0.2, -0.15) is 4.39 Å². The maximum absolute atomic E-state index is 11.8. The Balaban J connectivity index is 3.02. The summed E-state index contributed by atoms with van der Waals surface area (Å²) in [5.41, 5.74) is 0. The number of aromatic nitrogens is 1. The fourth-order valence-corrected chi connectivity index (χ4v) is 0.306. The van der Waals surface area contributed by atoms with Gasteiger partial charge in [-0.3, -0.25) is 0 Å². The normalized spacial score (nSPS) is 8.71. The summed E-state index contributed by atoms with van der Waals surface area (Å²) in [7, 11) is 0. The van der Waals surface area contributed by atoms with Gasteiger partial charge >= 0.3 is 0 Å². The van der Waals surface area contributed by atoms with E-state index in [2.05, 4.69) is 11.1 Å². The van der Waals surface area contributed by atoms with Crippen LogP contribution in [0.25, 0.3) is 0 Å². The Kier molecular flexibility index (Phi) is 1.02. The van der Waals surface area contributed by atoms with Crippen molar-refractivity contribution in [3.8, 4) is 0 Å². The highest BCUT2D eigenvalue weighted by atomic mass is 19.1. The van der Waals surface area contributed by atoms with Crippen molar-refractivity contribution >= 4 is 0 Å². The maximum Gasteiger partial charge on any atom is 0.213 e. The summed E-state index contributed by atoms with van der Waals surface area (Å²) in [5.74, 6) is -0.484. The van der Waals surface area contributed by atoms with Crippen LogP contribution in [-0.2, 0) is 0 Å². The minimum atomic E-state index is -0.484. The van der Waals surface area contributed by atoms with Gasteiger partial charge in [-0.1, -0.05) is 0 Å². The molecule has 1 rings (SSSR count). The molecule has 0 atom stereocenters. The fourth-order valence-electron chi connectivity index (χ4n) is 0.306. The summed E-state index contributed by atoms with van der Waals surface area (Å²) in [6.07, 6.45) is 1.36. The molecule has 7 heavy (non-hydrogen) atoms. The van der Waals surface area contributed by atoms with Gasteiger partial charge in [0.05, 0.1) is 0 Å². The van der Waals surface area contributed by atoms with Gasteiger partial charge in [-0.05, 0) is 12.1 Å². The molecule has 0 aliphatic heterocycles. The van der Waals surface area contributed by atoms with E-state index in [1.165, 1.54) is 12.3 Å². The molecule has 0 aliphatic carbocycles. The summed E-state index contributed by atoms with van der Waals surface area (Å²) < 4.78 is 11.8. The predicted octanol–water partition coefficient (Wildman–Crippen LogP) is 1.02. The highest BCUT2D eigenvalue weighted by Gasteiger charge is 1.79. The van der Waals surface area contributed by atoms with Crippen LogP contribution in [-0.4, -0.2) is 4.98 Å². The van der Waals surface area contributed by atoms with Gasteiger partial charge in [-0.15, -0.1) is 0 Å². The number of hydrogen-bond donors (Lipinski definition) is 0. The summed E-state index contributed by atoms with van der Waals surface area (Å²) >= 11 is 0. The van der Waals surface area contributed by atoms with E-state index in [0.717, 1.165) is 0 Å². The zero-order chi connectivity index (χ0) is 5.11. The van der Waals surface area contributed by atoms with Crippen molar-refractivity contribution in [3.63, 3.8) is 0 Å². The van der Waals surface area contributed by atoms with Crippen LogP contribution in [0, 0.1) is 12.0 Å². The van der Waals surface area contributed by atoms with Crippen molar-refractivity contribution in [3.05, 3.63) is 30.3 Å². The molecule has 0 fully saturated rings. The van der Waals surface area contributed by atoms with Gasteiger partial charge in [0.25, 0.3) is 0 Å². The molecule has 0 amide bonds. The molecule has 1 aromatic heterocycles. The Hall–Kier alpha value is -0.920. The zero-order valence-electron chi connectivity index (χ0n) is 3.56. The molecule has 1 nitrogen and oxygen atoms in total. The molecular weight excluding hydrogens is 93.1 g/mol. The van der Waals surface area contributed by atoms with E-state index in [0.29, 0.717) is 0 Å². The van der Waals surface area contributed by atoms with Gasteiger partial charge in [0.2, 0.25) is 5.95 Å². The van der Waals surface area contributed by atoms with Crippen LogP contribution in [0.1, 0.15) is 0 Å². The van der Waals surface area contributed by atoms with Crippen molar-refractivity contribution in [2.24, 2.45) is 0 Å². The quantitative estimate of drug-likeness (QED) is 0.439. The Morgan fingerprint density at radius 3 is 2.86 bits per heavy atom. The molecule has 0 aliphatic rings. The first kappa shape index (κ1) is 4.24. The monoisotopic (exact) mass is 96.0 g/mol. The number of nitrogens with zero attached hydrogens (tertiary/aromatic N) is 1. The van der Waals surface area contributed by atoms with Crippen molar-refractivity contribution in [2.75, 3.05) is 0 Å². The van der Waals surface area contributed by atoms with E-state index in [-0.39, 0.29) is 0 Å². The molecule has 0 spiro atoms. The van der Waals surface area contributed by atoms with Gasteiger partial charge < -0.3 is 0 Å². The Morgan fingerprint density at radius 2 is 2.57 bits per heavy atom. The average Bonchev–Trinajstić information content (AvgIpc) is 1.69. The van der Waals surface area contributed by atoms with Crippen LogP contribution in [0.4, 0.5) is 4.39 Å². The van der Waals surface area contributed by atoms with Crippen LogP contribution < -0.4 is 0 Å². The summed E-state index contributed by atoms with van der Waals surface area (Å²) in [6, 6.07) is 5.25. The fraction of sp³-hybridized carbons (Fsp3) is 0. The summed E-state index contributed by atoms with van der Waals surface area (Å²) in [6.45, 7) is 0. The lowest BCUT2D eigenvalue weighted by molar-refractivity contribution is 0.583. The minimum Gasteiger partial charge on any atom is -0.228 e. The summed E-state index contributed by atoms with van der Waals surface area (Å²) in [4.78, 5) is 3.28. The molecule has 0 saturated carbocycles. The first-order valence-corrected chi connectivity index (χ1v) is 1.87. The summed E-state index contributed by atoms with van der Waals surface area (Å²) in [5, 5.41) is 0. The van der Waals surface area contributed by atoms with E-state index in [1.54, 1.807) is 6.07 Å². The van der Waals surface area contributed by atoms with Crippen LogP contribution >= 0.6 is 0 Å². The van der Waals surface area contributed by atoms with E-state index < -0.39 is 5.95 Å². The maximum atomic E-state index is 11.8. The molecule has 0 aromatic carbocycles. The van der Waals surface area contributed by atoms with E-state index in [4.69, 9.17) is 0 Å². The molecule has 0 bridgehead atoms. The number of hydrogen-bond acceptors (Lipinski definition) is 1. The highest BCUT2D eigenvalue weighted by Crippen LogP contribution is 1.84. The lowest BCUT2D eigenvalue weighted by Gasteiger charge is -1.77. The molecule has 0 unspecified atom stereocenters.